The first kappa shape index (κ1) is 14.6. The highest BCUT2D eigenvalue weighted by Crippen LogP contribution is 2.25. The fourth-order valence-corrected chi connectivity index (χ4v) is 4.03. The lowest BCUT2D eigenvalue weighted by Gasteiger charge is -2.10. The van der Waals surface area contributed by atoms with E-state index in [9.17, 15) is 8.42 Å². The van der Waals surface area contributed by atoms with Crippen LogP contribution in [0.1, 0.15) is 23.8 Å². The predicted molar refractivity (Wildman–Crippen MR) is 80.3 cm³/mol. The normalized spacial score (nSPS) is 11.0. The molecule has 0 atom stereocenters. The highest BCUT2D eigenvalue weighted by atomic mass is 32.2. The number of nitrogens with one attached hydrogen (secondary N) is 1. The summed E-state index contributed by atoms with van der Waals surface area (Å²) >= 11 is 0.967. The van der Waals surface area contributed by atoms with E-state index in [4.69, 9.17) is 5.26 Å². The molecule has 0 spiro atoms. The topological polar surface area (TPSA) is 70.0 Å². The van der Waals surface area contributed by atoms with E-state index in [0.29, 0.717) is 10.6 Å². The number of hydrogen-bond acceptors (Lipinski definition) is 4. The molecule has 4 nitrogen and oxygen atoms in total. The summed E-state index contributed by atoms with van der Waals surface area (Å²) in [5.41, 5.74) is 1.57. The van der Waals surface area contributed by atoms with Crippen LogP contribution in [0.4, 0.5) is 5.69 Å². The second kappa shape index (κ2) is 6.07. The quantitative estimate of drug-likeness (QED) is 0.920. The third kappa shape index (κ3) is 3.18. The Kier molecular flexibility index (Phi) is 4.42. The molecule has 20 heavy (non-hydrogen) atoms. The van der Waals surface area contributed by atoms with Gasteiger partial charge in [0.25, 0.3) is 10.0 Å². The van der Waals surface area contributed by atoms with Crippen molar-refractivity contribution in [2.24, 2.45) is 0 Å². The Bertz CT molecular complexity index is 743. The number of nitriles is 1. The molecule has 0 unspecified atom stereocenters. The minimum absolute atomic E-state index is 0.153. The van der Waals surface area contributed by atoms with Crippen molar-refractivity contribution >= 4 is 27.0 Å². The van der Waals surface area contributed by atoms with E-state index in [1.54, 1.807) is 12.1 Å². The Labute approximate surface area is 122 Å². The molecule has 0 radical (unpaired) electrons. The molecule has 0 aliphatic heterocycles. The maximum atomic E-state index is 12.3. The van der Waals surface area contributed by atoms with Crippen LogP contribution in [0.2, 0.25) is 0 Å². The summed E-state index contributed by atoms with van der Waals surface area (Å²) in [5, 5.41) is 8.77. The number of aryl methyl sites for hydroxylation is 1. The third-order valence-electron chi connectivity index (χ3n) is 2.74. The van der Waals surface area contributed by atoms with Crippen molar-refractivity contribution in [3.05, 3.63) is 46.8 Å². The lowest BCUT2D eigenvalue weighted by atomic mass is 10.1. The fraction of sp³-hybridized carbons (Fsp3) is 0.214. The molecule has 104 valence electrons. The first-order valence-corrected chi connectivity index (χ1v) is 8.47. The van der Waals surface area contributed by atoms with Crippen molar-refractivity contribution < 1.29 is 8.42 Å². The molecule has 2 aromatic rings. The van der Waals surface area contributed by atoms with Gasteiger partial charge >= 0.3 is 0 Å². The summed E-state index contributed by atoms with van der Waals surface area (Å²) < 4.78 is 27.3. The molecule has 0 saturated heterocycles. The first-order chi connectivity index (χ1) is 9.56. The fourth-order valence-electron chi connectivity index (χ4n) is 1.83. The van der Waals surface area contributed by atoms with Crippen LogP contribution in [0.15, 0.2) is 40.6 Å². The van der Waals surface area contributed by atoms with Crippen molar-refractivity contribution in [1.82, 2.24) is 0 Å². The van der Waals surface area contributed by atoms with Crippen LogP contribution in [-0.2, 0) is 16.4 Å². The molecule has 1 aromatic carbocycles. The standard InChI is InChI=1S/C14H14N2O2S2/c1-2-5-11-6-3-4-7-13(11)16-20(17,18)14-9-8-12(10-15)19-14/h3-4,6-9,16H,2,5H2,1H3. The number of anilines is 1. The lowest BCUT2D eigenvalue weighted by molar-refractivity contribution is 0.603. The number of sulfonamides is 1. The Morgan fingerprint density at radius 2 is 2.00 bits per heavy atom. The van der Waals surface area contributed by atoms with Crippen molar-refractivity contribution in [1.29, 1.82) is 5.26 Å². The summed E-state index contributed by atoms with van der Waals surface area (Å²) in [6.07, 6.45) is 1.75. The van der Waals surface area contributed by atoms with Gasteiger partial charge in [0, 0.05) is 0 Å². The van der Waals surface area contributed by atoms with Gasteiger partial charge in [-0.3, -0.25) is 4.72 Å². The van der Waals surface area contributed by atoms with Gasteiger partial charge in [0.2, 0.25) is 0 Å². The summed E-state index contributed by atoms with van der Waals surface area (Å²) in [6, 6.07) is 12.3. The van der Waals surface area contributed by atoms with Crippen LogP contribution >= 0.6 is 11.3 Å². The SMILES string of the molecule is CCCc1ccccc1NS(=O)(=O)c1ccc(C#N)s1. The zero-order valence-corrected chi connectivity index (χ0v) is 12.6. The molecular weight excluding hydrogens is 292 g/mol. The van der Waals surface area contributed by atoms with Crippen LogP contribution in [0.3, 0.4) is 0 Å². The second-order valence-corrected chi connectivity index (χ2v) is 7.24. The lowest BCUT2D eigenvalue weighted by Crippen LogP contribution is -2.12. The average molecular weight is 306 g/mol. The van der Waals surface area contributed by atoms with Crippen molar-refractivity contribution in [3.63, 3.8) is 0 Å². The van der Waals surface area contributed by atoms with Gasteiger partial charge in [-0.2, -0.15) is 5.26 Å². The smallest absolute Gasteiger partial charge is 0.271 e. The molecule has 0 amide bonds. The predicted octanol–water partition coefficient (Wildman–Crippen LogP) is 3.37. The first-order valence-electron chi connectivity index (χ1n) is 6.17. The minimum Gasteiger partial charge on any atom is -0.279 e. The molecule has 2 rings (SSSR count). The van der Waals surface area contributed by atoms with E-state index >= 15 is 0 Å². The molecule has 0 fully saturated rings. The molecule has 0 aliphatic carbocycles. The maximum absolute atomic E-state index is 12.3. The number of para-hydroxylation sites is 1. The Balaban J connectivity index is 2.31. The number of benzene rings is 1. The van der Waals surface area contributed by atoms with Gasteiger partial charge < -0.3 is 0 Å². The van der Waals surface area contributed by atoms with Gasteiger partial charge in [-0.05, 0) is 30.2 Å². The van der Waals surface area contributed by atoms with Crippen molar-refractivity contribution in [2.45, 2.75) is 24.0 Å². The summed E-state index contributed by atoms with van der Waals surface area (Å²) in [7, 11) is -3.63. The van der Waals surface area contributed by atoms with Gasteiger partial charge in [0.1, 0.15) is 15.2 Å². The van der Waals surface area contributed by atoms with Crippen molar-refractivity contribution in [3.8, 4) is 6.07 Å². The molecule has 0 saturated carbocycles. The van der Waals surface area contributed by atoms with E-state index in [2.05, 4.69) is 4.72 Å². The number of rotatable bonds is 5. The second-order valence-electron chi connectivity index (χ2n) is 4.24. The van der Waals surface area contributed by atoms with E-state index in [1.807, 2.05) is 25.1 Å². The van der Waals surface area contributed by atoms with Gasteiger partial charge in [0.05, 0.1) is 5.69 Å². The van der Waals surface area contributed by atoms with Crippen LogP contribution in [0.5, 0.6) is 0 Å². The molecule has 1 N–H and O–H groups in total. The van der Waals surface area contributed by atoms with Crippen molar-refractivity contribution in [2.75, 3.05) is 4.72 Å². The Morgan fingerprint density at radius 1 is 1.25 bits per heavy atom. The van der Waals surface area contributed by atoms with Crippen LogP contribution in [-0.4, -0.2) is 8.42 Å². The molecule has 1 aromatic heterocycles. The van der Waals surface area contributed by atoms with Crippen LogP contribution < -0.4 is 4.72 Å². The van der Waals surface area contributed by atoms with Crippen LogP contribution in [0.25, 0.3) is 0 Å². The number of nitrogens with zero attached hydrogens (tertiary/aromatic N) is 1. The highest BCUT2D eigenvalue weighted by Gasteiger charge is 2.18. The van der Waals surface area contributed by atoms with E-state index in [0.717, 1.165) is 29.7 Å². The monoisotopic (exact) mass is 306 g/mol. The summed E-state index contributed by atoms with van der Waals surface area (Å²) in [6.45, 7) is 2.05. The maximum Gasteiger partial charge on any atom is 0.271 e. The zero-order chi connectivity index (χ0) is 14.6. The average Bonchev–Trinajstić information content (AvgIpc) is 2.91. The van der Waals surface area contributed by atoms with Gasteiger partial charge in [0.15, 0.2) is 0 Å². The van der Waals surface area contributed by atoms with E-state index < -0.39 is 10.0 Å². The molecule has 1 heterocycles. The van der Waals surface area contributed by atoms with Crippen LogP contribution in [0, 0.1) is 11.3 Å². The zero-order valence-electron chi connectivity index (χ0n) is 11.0. The molecule has 0 aliphatic rings. The number of hydrogen-bond donors (Lipinski definition) is 1. The molecule has 0 bridgehead atoms. The third-order valence-corrected chi connectivity index (χ3v) is 5.58. The summed E-state index contributed by atoms with van der Waals surface area (Å²) in [5.74, 6) is 0. The van der Waals surface area contributed by atoms with Gasteiger partial charge in [-0.25, -0.2) is 8.42 Å². The molecular formula is C14H14N2O2S2. The highest BCUT2D eigenvalue weighted by molar-refractivity contribution is 7.94. The van der Waals surface area contributed by atoms with E-state index in [-0.39, 0.29) is 4.21 Å². The Morgan fingerprint density at radius 3 is 2.65 bits per heavy atom. The van der Waals surface area contributed by atoms with E-state index in [1.165, 1.54) is 12.1 Å². The molecule has 6 heteroatoms. The number of thiophene rings is 1. The Hall–Kier alpha value is -1.84. The van der Waals surface area contributed by atoms with Gasteiger partial charge in [-0.15, -0.1) is 11.3 Å². The largest absolute Gasteiger partial charge is 0.279 e. The van der Waals surface area contributed by atoms with Gasteiger partial charge in [-0.1, -0.05) is 31.5 Å². The minimum atomic E-state index is -3.63. The summed E-state index contributed by atoms with van der Waals surface area (Å²) in [4.78, 5) is 0.382.